The predicted octanol–water partition coefficient (Wildman–Crippen LogP) is 7.61. The lowest BCUT2D eigenvalue weighted by molar-refractivity contribution is -0.142. The summed E-state index contributed by atoms with van der Waals surface area (Å²) in [6.45, 7) is 5.69. The van der Waals surface area contributed by atoms with Crippen molar-refractivity contribution in [3.8, 4) is 0 Å². The molecule has 0 bridgehead atoms. The molecule has 1 atom stereocenters. The normalized spacial score (nSPS) is 13.5. The fraction of sp³-hybridized carbons (Fsp3) is 0.417. The van der Waals surface area contributed by atoms with Crippen LogP contribution in [0.5, 0.6) is 0 Å². The molecule has 9 heteroatoms. The molecule has 0 radical (unpaired) electrons. The maximum absolute atomic E-state index is 13.8. The summed E-state index contributed by atoms with van der Waals surface area (Å²) in [4.78, 5) is 2.04. The third kappa shape index (κ3) is 5.91. The first kappa shape index (κ1) is 27.2. The van der Waals surface area contributed by atoms with E-state index in [1.165, 1.54) is 18.2 Å². The molecule has 0 aromatic heterocycles. The third-order valence-electron chi connectivity index (χ3n) is 5.49. The first-order chi connectivity index (χ1) is 15.0. The number of fused-ring (bicyclic) bond motifs is 3. The summed E-state index contributed by atoms with van der Waals surface area (Å²) in [6, 6.07) is 8.37. The van der Waals surface area contributed by atoms with Crippen molar-refractivity contribution in [2.75, 3.05) is 19.6 Å². The van der Waals surface area contributed by atoms with Crippen LogP contribution in [-0.2, 0) is 12.4 Å². The van der Waals surface area contributed by atoms with Crippen LogP contribution in [0.4, 0.5) is 26.3 Å². The van der Waals surface area contributed by atoms with Crippen molar-refractivity contribution in [2.45, 2.75) is 45.1 Å². The van der Waals surface area contributed by atoms with Gasteiger partial charge < -0.3 is 10.0 Å². The molecule has 0 fully saturated rings. The molecule has 1 N–H and O–H groups in total. The number of benzene rings is 3. The Labute approximate surface area is 194 Å². The lowest BCUT2D eigenvalue weighted by Crippen LogP contribution is -2.30. The largest absolute Gasteiger partial charge is 0.417 e. The van der Waals surface area contributed by atoms with Gasteiger partial charge in [-0.2, -0.15) is 26.3 Å². The molecular weight excluding hydrogens is 468 g/mol. The minimum Gasteiger partial charge on any atom is -0.387 e. The summed E-state index contributed by atoms with van der Waals surface area (Å²) in [5.74, 6) is 0. The van der Waals surface area contributed by atoms with Crippen LogP contribution in [0.2, 0.25) is 0 Å². The van der Waals surface area contributed by atoms with Crippen LogP contribution in [0.1, 0.15) is 49.5 Å². The second kappa shape index (κ2) is 10.5. The van der Waals surface area contributed by atoms with Crippen LogP contribution < -0.4 is 0 Å². The summed E-state index contributed by atoms with van der Waals surface area (Å²) in [6.07, 6.45) is -9.25. The monoisotopic (exact) mass is 493 g/mol. The molecule has 33 heavy (non-hydrogen) atoms. The third-order valence-corrected chi connectivity index (χ3v) is 5.49. The zero-order valence-corrected chi connectivity index (χ0v) is 19.0. The van der Waals surface area contributed by atoms with Crippen LogP contribution in [0.3, 0.4) is 0 Å². The molecule has 2 nitrogen and oxygen atoms in total. The van der Waals surface area contributed by atoms with Gasteiger partial charge in [0.2, 0.25) is 0 Å². The number of alkyl halides is 6. The molecule has 0 spiro atoms. The zero-order chi connectivity index (χ0) is 23.7. The highest BCUT2D eigenvalue weighted by Crippen LogP contribution is 2.43. The quantitative estimate of drug-likeness (QED) is 0.270. The Balaban J connectivity index is 0.00000385. The molecule has 3 rings (SSSR count). The number of halogens is 7. The van der Waals surface area contributed by atoms with E-state index < -0.39 is 29.6 Å². The molecular formula is C24H26ClF6NO. The molecule has 0 heterocycles. The smallest absolute Gasteiger partial charge is 0.387 e. The van der Waals surface area contributed by atoms with Gasteiger partial charge in [-0.15, -0.1) is 12.4 Å². The van der Waals surface area contributed by atoms with Crippen LogP contribution in [0.25, 0.3) is 21.5 Å². The van der Waals surface area contributed by atoms with Crippen molar-refractivity contribution in [2.24, 2.45) is 0 Å². The highest BCUT2D eigenvalue weighted by molar-refractivity contribution is 6.11. The average molecular weight is 494 g/mol. The lowest BCUT2D eigenvalue weighted by atomic mass is 9.90. The van der Waals surface area contributed by atoms with Gasteiger partial charge in [-0.3, -0.25) is 0 Å². The molecule has 0 aliphatic rings. The van der Waals surface area contributed by atoms with Gasteiger partial charge in [-0.05, 0) is 65.9 Å². The summed E-state index contributed by atoms with van der Waals surface area (Å²) in [5.41, 5.74) is -2.39. The van der Waals surface area contributed by atoms with E-state index in [2.05, 4.69) is 0 Å². The van der Waals surface area contributed by atoms with Crippen molar-refractivity contribution in [1.29, 1.82) is 0 Å². The van der Waals surface area contributed by atoms with Crippen LogP contribution >= 0.6 is 12.4 Å². The van der Waals surface area contributed by atoms with Gasteiger partial charge in [0.1, 0.15) is 0 Å². The Morgan fingerprint density at radius 3 is 1.94 bits per heavy atom. The molecule has 0 saturated carbocycles. The van der Waals surface area contributed by atoms with E-state index in [-0.39, 0.29) is 41.2 Å². The molecule has 0 aliphatic carbocycles. The van der Waals surface area contributed by atoms with Crippen molar-refractivity contribution in [3.63, 3.8) is 0 Å². The standard InChI is InChI=1S/C24H25F6NO.ClH/c1-3-9-31(10-4-2)14-21(32)19-12-15-11-16(23(25,26)27)13-20(24(28,29)30)22(15)18-8-6-5-7-17(18)19;/h5-8,11-13,21,32H,3-4,9-10,14H2,1-2H3;1H. The van der Waals surface area contributed by atoms with Crippen molar-refractivity contribution in [3.05, 3.63) is 59.2 Å². The van der Waals surface area contributed by atoms with Crippen molar-refractivity contribution < 1.29 is 31.4 Å². The van der Waals surface area contributed by atoms with E-state index in [0.717, 1.165) is 32.0 Å². The summed E-state index contributed by atoms with van der Waals surface area (Å²) in [5, 5.41) is 11.0. The number of rotatable bonds is 7. The Morgan fingerprint density at radius 1 is 0.848 bits per heavy atom. The number of aliphatic hydroxyl groups is 1. The van der Waals surface area contributed by atoms with E-state index in [4.69, 9.17) is 0 Å². The zero-order valence-electron chi connectivity index (χ0n) is 18.2. The van der Waals surface area contributed by atoms with E-state index in [1.54, 1.807) is 12.1 Å². The van der Waals surface area contributed by atoms with Gasteiger partial charge in [0.25, 0.3) is 0 Å². The van der Waals surface area contributed by atoms with Gasteiger partial charge in [0.15, 0.2) is 0 Å². The highest BCUT2D eigenvalue weighted by Gasteiger charge is 2.38. The second-order valence-corrected chi connectivity index (χ2v) is 7.95. The molecule has 0 amide bonds. The van der Waals surface area contributed by atoms with E-state index in [1.807, 2.05) is 18.7 Å². The maximum atomic E-state index is 13.8. The van der Waals surface area contributed by atoms with Gasteiger partial charge in [-0.25, -0.2) is 0 Å². The highest BCUT2D eigenvalue weighted by atomic mass is 35.5. The lowest BCUT2D eigenvalue weighted by Gasteiger charge is -2.26. The SMILES string of the molecule is CCCN(CCC)CC(O)c1cc2cc(C(F)(F)F)cc(C(F)(F)F)c2c2ccccc12.Cl. The molecule has 0 saturated heterocycles. The summed E-state index contributed by atoms with van der Waals surface area (Å²) >= 11 is 0. The van der Waals surface area contributed by atoms with Crippen molar-refractivity contribution in [1.82, 2.24) is 4.90 Å². The predicted molar refractivity (Wildman–Crippen MR) is 121 cm³/mol. The second-order valence-electron chi connectivity index (χ2n) is 7.95. The van der Waals surface area contributed by atoms with Gasteiger partial charge >= 0.3 is 12.4 Å². The summed E-state index contributed by atoms with van der Waals surface area (Å²) < 4.78 is 81.5. The minimum absolute atomic E-state index is 0. The average Bonchev–Trinajstić information content (AvgIpc) is 2.71. The molecule has 1 unspecified atom stereocenters. The topological polar surface area (TPSA) is 23.5 Å². The maximum Gasteiger partial charge on any atom is 0.417 e. The van der Waals surface area contributed by atoms with Gasteiger partial charge in [0.05, 0.1) is 17.2 Å². The van der Waals surface area contributed by atoms with E-state index >= 15 is 0 Å². The Bertz CT molecular complexity index is 1090. The molecule has 182 valence electrons. The number of hydrogen-bond donors (Lipinski definition) is 1. The number of hydrogen-bond acceptors (Lipinski definition) is 2. The molecule has 3 aromatic rings. The first-order valence-electron chi connectivity index (χ1n) is 10.5. The number of aliphatic hydroxyl groups excluding tert-OH is 1. The van der Waals surface area contributed by atoms with Gasteiger partial charge in [0, 0.05) is 11.9 Å². The van der Waals surface area contributed by atoms with Crippen LogP contribution in [-0.4, -0.2) is 29.6 Å². The van der Waals surface area contributed by atoms with Crippen LogP contribution in [0.15, 0.2) is 42.5 Å². The summed E-state index contributed by atoms with van der Waals surface area (Å²) in [7, 11) is 0. The Kier molecular flexibility index (Phi) is 8.65. The first-order valence-corrected chi connectivity index (χ1v) is 10.5. The van der Waals surface area contributed by atoms with E-state index in [0.29, 0.717) is 10.9 Å². The fourth-order valence-corrected chi connectivity index (χ4v) is 4.21. The molecule has 0 aliphatic heterocycles. The Hall–Kier alpha value is -2.03. The van der Waals surface area contributed by atoms with E-state index in [9.17, 15) is 31.4 Å². The van der Waals surface area contributed by atoms with Crippen molar-refractivity contribution >= 4 is 34.0 Å². The fourth-order valence-electron chi connectivity index (χ4n) is 4.21. The number of nitrogens with zero attached hydrogens (tertiary/aromatic N) is 1. The minimum atomic E-state index is -4.97. The van der Waals surface area contributed by atoms with Gasteiger partial charge in [-0.1, -0.05) is 38.1 Å². The Morgan fingerprint density at radius 2 is 1.42 bits per heavy atom. The van der Waals surface area contributed by atoms with Crippen LogP contribution in [0, 0.1) is 0 Å². The molecule has 3 aromatic carbocycles.